The molecule has 0 N–H and O–H groups in total. The lowest BCUT2D eigenvalue weighted by atomic mass is 9.70. The molecule has 0 heteroatoms. The number of rotatable bonds is 4. The molecule has 0 unspecified atom stereocenters. The molecule has 0 amide bonds. The molecular weight excluding hydrogens is 300 g/mol. The lowest BCUT2D eigenvalue weighted by molar-refractivity contribution is 0.320. The van der Waals surface area contributed by atoms with Gasteiger partial charge in [-0.25, -0.2) is 0 Å². The summed E-state index contributed by atoms with van der Waals surface area (Å²) in [5.41, 5.74) is 9.87. The Morgan fingerprint density at radius 1 is 0.680 bits per heavy atom. The molecule has 2 aliphatic carbocycles. The Morgan fingerprint density at radius 3 is 1.28 bits per heavy atom. The Labute approximate surface area is 156 Å². The number of hydrogen-bond donors (Lipinski definition) is 0. The van der Waals surface area contributed by atoms with Crippen molar-refractivity contribution < 1.29 is 0 Å². The second-order valence-corrected chi connectivity index (χ2v) is 10.4. The van der Waals surface area contributed by atoms with E-state index in [1.54, 1.807) is 27.8 Å². The summed E-state index contributed by atoms with van der Waals surface area (Å²) in [4.78, 5) is 0. The third-order valence-electron chi connectivity index (χ3n) is 8.36. The molecule has 0 saturated carbocycles. The van der Waals surface area contributed by atoms with Gasteiger partial charge in [0.1, 0.15) is 0 Å². The lowest BCUT2D eigenvalue weighted by Gasteiger charge is -2.34. The highest BCUT2D eigenvalue weighted by Gasteiger charge is 2.52. The van der Waals surface area contributed by atoms with Crippen LogP contribution in [0.3, 0.4) is 0 Å². The van der Waals surface area contributed by atoms with Crippen LogP contribution in [0, 0.1) is 6.92 Å². The molecule has 2 aliphatic rings. The van der Waals surface area contributed by atoms with E-state index in [1.165, 1.54) is 38.5 Å². The average Bonchev–Trinajstić information content (AvgIpc) is 2.95. The Morgan fingerprint density at radius 2 is 1.00 bits per heavy atom. The number of benzene rings is 1. The van der Waals surface area contributed by atoms with Gasteiger partial charge in [-0.05, 0) is 94.9 Å². The van der Waals surface area contributed by atoms with Gasteiger partial charge in [0.15, 0.2) is 0 Å². The Kier molecular flexibility index (Phi) is 4.26. The van der Waals surface area contributed by atoms with Crippen LogP contribution in [-0.4, -0.2) is 0 Å². The summed E-state index contributed by atoms with van der Waals surface area (Å²) in [7, 11) is 0. The van der Waals surface area contributed by atoms with Gasteiger partial charge in [-0.15, -0.1) is 0 Å². The van der Waals surface area contributed by atoms with Gasteiger partial charge in [0.2, 0.25) is 0 Å². The first-order valence-corrected chi connectivity index (χ1v) is 10.7. The Bertz CT molecular complexity index is 622. The molecule has 0 aromatic heterocycles. The van der Waals surface area contributed by atoms with Gasteiger partial charge in [0, 0.05) is 0 Å². The molecule has 25 heavy (non-hydrogen) atoms. The fourth-order valence-corrected chi connectivity index (χ4v) is 7.02. The molecule has 1 aromatic carbocycles. The Balaban J connectivity index is 2.41. The van der Waals surface area contributed by atoms with E-state index in [9.17, 15) is 0 Å². The zero-order valence-electron chi connectivity index (χ0n) is 18.3. The van der Waals surface area contributed by atoms with E-state index < -0.39 is 0 Å². The van der Waals surface area contributed by atoms with E-state index in [1.807, 2.05) is 0 Å². The molecule has 0 fully saturated rings. The molecular formula is C25H40. The SMILES string of the molecule is CCC1(CC)CC(C)(C)c2cc3c(c(C)c21)C(CC)(CC)CC3(C)C. The summed E-state index contributed by atoms with van der Waals surface area (Å²) in [5.74, 6) is 0. The van der Waals surface area contributed by atoms with E-state index in [0.29, 0.717) is 21.7 Å². The van der Waals surface area contributed by atoms with E-state index in [2.05, 4.69) is 68.4 Å². The predicted octanol–water partition coefficient (Wildman–Crippen LogP) is 7.47. The van der Waals surface area contributed by atoms with E-state index in [0.717, 1.165) is 0 Å². The van der Waals surface area contributed by atoms with Gasteiger partial charge >= 0.3 is 0 Å². The molecule has 1 aromatic rings. The normalized spacial score (nSPS) is 24.2. The van der Waals surface area contributed by atoms with E-state index in [-0.39, 0.29) is 0 Å². The highest BCUT2D eigenvalue weighted by Crippen LogP contribution is 2.61. The van der Waals surface area contributed by atoms with Crippen LogP contribution in [-0.2, 0) is 21.7 Å². The molecule has 0 saturated heterocycles. The summed E-state index contributed by atoms with van der Waals surface area (Å²) in [5, 5.41) is 0. The van der Waals surface area contributed by atoms with Crippen LogP contribution in [0.15, 0.2) is 6.07 Å². The lowest BCUT2D eigenvalue weighted by Crippen LogP contribution is -2.27. The minimum atomic E-state index is 0.306. The largest absolute Gasteiger partial charge is 0.0645 e. The number of fused-ring (bicyclic) bond motifs is 2. The third-order valence-corrected chi connectivity index (χ3v) is 8.36. The first kappa shape index (κ1) is 19.0. The van der Waals surface area contributed by atoms with E-state index >= 15 is 0 Å². The van der Waals surface area contributed by atoms with Crippen molar-refractivity contribution in [1.29, 1.82) is 0 Å². The zero-order chi connectivity index (χ0) is 18.8. The van der Waals surface area contributed by atoms with Gasteiger partial charge in [0.05, 0.1) is 0 Å². The third kappa shape index (κ3) is 2.31. The monoisotopic (exact) mass is 340 g/mol. The molecule has 140 valence electrons. The predicted molar refractivity (Wildman–Crippen MR) is 111 cm³/mol. The minimum Gasteiger partial charge on any atom is -0.0645 e. The van der Waals surface area contributed by atoms with Crippen LogP contribution >= 0.6 is 0 Å². The van der Waals surface area contributed by atoms with Crippen molar-refractivity contribution in [1.82, 2.24) is 0 Å². The molecule has 0 bridgehead atoms. The van der Waals surface area contributed by atoms with Gasteiger partial charge < -0.3 is 0 Å². The highest BCUT2D eigenvalue weighted by atomic mass is 14.6. The van der Waals surface area contributed by atoms with Crippen LogP contribution < -0.4 is 0 Å². The quantitative estimate of drug-likeness (QED) is 0.533. The van der Waals surface area contributed by atoms with Crippen LogP contribution in [0.4, 0.5) is 0 Å². The van der Waals surface area contributed by atoms with Crippen LogP contribution in [0.5, 0.6) is 0 Å². The average molecular weight is 341 g/mol. The van der Waals surface area contributed by atoms with Gasteiger partial charge in [-0.2, -0.15) is 0 Å². The molecule has 0 aliphatic heterocycles. The smallest absolute Gasteiger partial charge is 0.00383 e. The first-order valence-electron chi connectivity index (χ1n) is 10.7. The maximum atomic E-state index is 2.66. The maximum Gasteiger partial charge on any atom is -0.00383 e. The minimum absolute atomic E-state index is 0.306. The standard InChI is InChI=1S/C25H40/c1-10-24(11-2)15-22(6,7)18-14-19-21(17(5)20(18)24)25(12-3,13-4)16-23(19,8)9/h14H,10-13,15-16H2,1-9H3. The molecule has 3 rings (SSSR count). The fourth-order valence-electron chi connectivity index (χ4n) is 7.02. The van der Waals surface area contributed by atoms with Gasteiger partial charge in [0.25, 0.3) is 0 Å². The van der Waals surface area contributed by atoms with Crippen molar-refractivity contribution in [2.24, 2.45) is 0 Å². The van der Waals surface area contributed by atoms with Crippen LogP contribution in [0.25, 0.3) is 0 Å². The second kappa shape index (κ2) is 5.61. The van der Waals surface area contributed by atoms with Crippen molar-refractivity contribution in [2.75, 3.05) is 0 Å². The van der Waals surface area contributed by atoms with Crippen molar-refractivity contribution in [3.63, 3.8) is 0 Å². The topological polar surface area (TPSA) is 0 Å². The van der Waals surface area contributed by atoms with Crippen LogP contribution in [0.2, 0.25) is 0 Å². The van der Waals surface area contributed by atoms with Gasteiger partial charge in [-0.3, -0.25) is 0 Å². The second-order valence-electron chi connectivity index (χ2n) is 10.4. The zero-order valence-corrected chi connectivity index (χ0v) is 18.3. The fraction of sp³-hybridized carbons (Fsp3) is 0.760. The van der Waals surface area contributed by atoms with Crippen molar-refractivity contribution in [2.45, 2.75) is 122 Å². The van der Waals surface area contributed by atoms with E-state index in [4.69, 9.17) is 0 Å². The molecule has 0 nitrogen and oxygen atoms in total. The summed E-state index contributed by atoms with van der Waals surface area (Å²) >= 11 is 0. The molecule has 0 heterocycles. The summed E-state index contributed by atoms with van der Waals surface area (Å²) in [6, 6.07) is 2.66. The number of hydrogen-bond acceptors (Lipinski definition) is 0. The van der Waals surface area contributed by atoms with Crippen molar-refractivity contribution >= 4 is 0 Å². The Hall–Kier alpha value is -0.780. The summed E-state index contributed by atoms with van der Waals surface area (Å²) in [6.07, 6.45) is 7.72. The maximum absolute atomic E-state index is 2.66. The van der Waals surface area contributed by atoms with Crippen LogP contribution in [0.1, 0.15) is 122 Å². The summed E-state index contributed by atoms with van der Waals surface area (Å²) in [6.45, 7) is 22.1. The summed E-state index contributed by atoms with van der Waals surface area (Å²) < 4.78 is 0. The highest BCUT2D eigenvalue weighted by molar-refractivity contribution is 5.61. The van der Waals surface area contributed by atoms with Gasteiger partial charge in [-0.1, -0.05) is 61.5 Å². The van der Waals surface area contributed by atoms with Crippen molar-refractivity contribution in [3.05, 3.63) is 33.9 Å². The molecule has 0 radical (unpaired) electrons. The van der Waals surface area contributed by atoms with Crippen molar-refractivity contribution in [3.8, 4) is 0 Å². The molecule has 0 spiro atoms. The first-order chi connectivity index (χ1) is 11.5. The molecule has 0 atom stereocenters.